The minimum atomic E-state index is -0.352. The van der Waals surface area contributed by atoms with Gasteiger partial charge in [-0.25, -0.2) is 4.99 Å². The van der Waals surface area contributed by atoms with Crippen molar-refractivity contribution in [3.05, 3.63) is 35.6 Å². The van der Waals surface area contributed by atoms with Gasteiger partial charge in [-0.3, -0.25) is 4.99 Å². The van der Waals surface area contributed by atoms with E-state index in [0.29, 0.717) is 5.17 Å². The second-order valence-electron chi connectivity index (χ2n) is 3.75. The van der Waals surface area contributed by atoms with E-state index in [0.717, 1.165) is 23.2 Å². The summed E-state index contributed by atoms with van der Waals surface area (Å²) in [5.74, 6) is 0. The third kappa shape index (κ3) is 1.30. The number of allylic oxidation sites excluding steroid dienone is 3. The minimum absolute atomic E-state index is 0.352. The van der Waals surface area contributed by atoms with Gasteiger partial charge < -0.3 is 0 Å². The molecule has 0 bridgehead atoms. The summed E-state index contributed by atoms with van der Waals surface area (Å²) < 4.78 is 0.986. The van der Waals surface area contributed by atoms with Crippen molar-refractivity contribution in [3.8, 4) is 0 Å². The van der Waals surface area contributed by atoms with E-state index in [1.807, 2.05) is 12.2 Å². The van der Waals surface area contributed by atoms with E-state index >= 15 is 0 Å². The fourth-order valence-electron chi connectivity index (χ4n) is 2.21. The van der Waals surface area contributed by atoms with Gasteiger partial charge in [0.1, 0.15) is 10.7 Å². The first-order valence-corrected chi connectivity index (χ1v) is 5.95. The number of hydrogen-bond acceptors (Lipinski definition) is 2. The zero-order chi connectivity index (χ0) is 10.5. The van der Waals surface area contributed by atoms with Gasteiger partial charge in [0.25, 0.3) is 0 Å². The lowest BCUT2D eigenvalue weighted by molar-refractivity contribution is 0.708. The highest BCUT2D eigenvalue weighted by atomic mass is 79.9. The smallest absolute Gasteiger partial charge is 0.143 e. The summed E-state index contributed by atoms with van der Waals surface area (Å²) in [6, 6.07) is 0. The van der Waals surface area contributed by atoms with Gasteiger partial charge >= 0.3 is 0 Å². The Kier molecular flexibility index (Phi) is 2.01. The molecule has 0 amide bonds. The van der Waals surface area contributed by atoms with Crippen molar-refractivity contribution in [2.45, 2.75) is 18.4 Å². The Morgan fingerprint density at radius 2 is 2.27 bits per heavy atom. The lowest BCUT2D eigenvalue weighted by atomic mass is 9.82. The number of hydrogen-bond donors (Lipinski definition) is 0. The third-order valence-electron chi connectivity index (χ3n) is 2.88. The first-order chi connectivity index (χ1) is 7.21. The molecule has 0 N–H and O–H groups in total. The molecular weight excluding hydrogens is 275 g/mol. The maximum atomic E-state index is 5.90. The molecule has 0 radical (unpaired) electrons. The van der Waals surface area contributed by atoms with Crippen LogP contribution in [0.3, 0.4) is 0 Å². The molecule has 1 spiro atoms. The first kappa shape index (κ1) is 9.55. The fraction of sp³-hybridized carbons (Fsp3) is 0.273. The summed E-state index contributed by atoms with van der Waals surface area (Å²) in [5, 5.41) is 0.534. The Labute approximate surface area is 101 Å². The molecule has 3 aliphatic rings. The highest BCUT2D eigenvalue weighted by molar-refractivity contribution is 9.18. The maximum absolute atomic E-state index is 5.90. The van der Waals surface area contributed by atoms with E-state index in [4.69, 9.17) is 11.6 Å². The van der Waals surface area contributed by atoms with Gasteiger partial charge in [-0.15, -0.1) is 0 Å². The predicted octanol–water partition coefficient (Wildman–Crippen LogP) is 3.34. The van der Waals surface area contributed by atoms with Crippen LogP contribution in [0.15, 0.2) is 45.6 Å². The Hall–Kier alpha value is -0.670. The highest BCUT2D eigenvalue weighted by Crippen LogP contribution is 2.45. The largest absolute Gasteiger partial charge is 0.260 e. The quantitative estimate of drug-likeness (QED) is 0.609. The van der Waals surface area contributed by atoms with Gasteiger partial charge in [0.05, 0.1) is 10.3 Å². The van der Waals surface area contributed by atoms with E-state index in [1.54, 1.807) is 0 Å². The number of halogens is 2. The van der Waals surface area contributed by atoms with Crippen LogP contribution >= 0.6 is 27.5 Å². The molecule has 2 aliphatic heterocycles. The number of nitrogens with zero attached hydrogens (tertiary/aromatic N) is 2. The van der Waals surface area contributed by atoms with Crippen LogP contribution in [0.4, 0.5) is 0 Å². The molecule has 1 atom stereocenters. The lowest BCUT2D eigenvalue weighted by Gasteiger charge is -2.30. The normalized spacial score (nSPS) is 32.4. The summed E-state index contributed by atoms with van der Waals surface area (Å²) in [4.78, 5) is 9.00. The van der Waals surface area contributed by atoms with Gasteiger partial charge in [0.15, 0.2) is 0 Å². The van der Waals surface area contributed by atoms with Crippen molar-refractivity contribution < 1.29 is 0 Å². The molecule has 1 aliphatic carbocycles. The van der Waals surface area contributed by atoms with Crippen LogP contribution in [0.2, 0.25) is 0 Å². The molecule has 0 aromatic heterocycles. The Morgan fingerprint density at radius 1 is 1.40 bits per heavy atom. The standard InChI is InChI=1S/C11H8BrClN2/c12-9-6-7-2-1-3-8-11(7,15-9)5-4-10(13)14-8/h2-5H,1,6H2. The molecule has 2 heterocycles. The molecule has 76 valence electrons. The van der Waals surface area contributed by atoms with Gasteiger partial charge in [0.2, 0.25) is 0 Å². The van der Waals surface area contributed by atoms with Gasteiger partial charge in [-0.05, 0) is 40.1 Å². The Bertz CT molecular complexity index is 485. The molecule has 3 rings (SSSR count). The topological polar surface area (TPSA) is 24.7 Å². The van der Waals surface area contributed by atoms with Crippen LogP contribution in [0, 0.1) is 0 Å². The molecular formula is C11H8BrClN2. The van der Waals surface area contributed by atoms with Crippen LogP contribution in [0.1, 0.15) is 12.8 Å². The van der Waals surface area contributed by atoms with Crippen molar-refractivity contribution in [2.24, 2.45) is 9.98 Å². The number of aliphatic imine (C=N–C) groups is 2. The van der Waals surface area contributed by atoms with Crippen molar-refractivity contribution in [1.29, 1.82) is 0 Å². The van der Waals surface area contributed by atoms with Crippen LogP contribution in [-0.4, -0.2) is 15.3 Å². The van der Waals surface area contributed by atoms with Crippen LogP contribution in [0.25, 0.3) is 0 Å². The van der Waals surface area contributed by atoms with E-state index in [-0.39, 0.29) is 5.54 Å². The highest BCUT2D eigenvalue weighted by Gasteiger charge is 2.42. The summed E-state index contributed by atoms with van der Waals surface area (Å²) in [7, 11) is 0. The minimum Gasteiger partial charge on any atom is -0.260 e. The zero-order valence-electron chi connectivity index (χ0n) is 7.87. The molecule has 0 saturated heterocycles. The van der Waals surface area contributed by atoms with Crippen LogP contribution in [-0.2, 0) is 0 Å². The maximum Gasteiger partial charge on any atom is 0.143 e. The van der Waals surface area contributed by atoms with E-state index < -0.39 is 0 Å². The second kappa shape index (κ2) is 3.16. The molecule has 15 heavy (non-hydrogen) atoms. The molecule has 4 heteroatoms. The Morgan fingerprint density at radius 3 is 3.13 bits per heavy atom. The van der Waals surface area contributed by atoms with Gasteiger partial charge in [-0.2, -0.15) is 0 Å². The van der Waals surface area contributed by atoms with Crippen LogP contribution in [0.5, 0.6) is 0 Å². The number of dihydropyridines is 1. The molecule has 0 aromatic carbocycles. The monoisotopic (exact) mass is 282 g/mol. The molecule has 0 aromatic rings. The first-order valence-electron chi connectivity index (χ1n) is 4.78. The SMILES string of the molecule is ClC1=NC2=CCC=C3CC(Br)=NC32C=C1. The lowest BCUT2D eigenvalue weighted by Crippen LogP contribution is -2.29. The average molecular weight is 284 g/mol. The number of rotatable bonds is 0. The summed E-state index contributed by atoms with van der Waals surface area (Å²) >= 11 is 9.37. The Balaban J connectivity index is 2.19. The van der Waals surface area contributed by atoms with Gasteiger partial charge in [0, 0.05) is 6.42 Å². The predicted molar refractivity (Wildman–Crippen MR) is 66.9 cm³/mol. The van der Waals surface area contributed by atoms with Crippen molar-refractivity contribution in [2.75, 3.05) is 0 Å². The third-order valence-corrected chi connectivity index (χ3v) is 3.55. The average Bonchev–Trinajstić information content (AvgIpc) is 2.52. The summed E-state index contributed by atoms with van der Waals surface area (Å²) in [6.45, 7) is 0. The van der Waals surface area contributed by atoms with Gasteiger partial charge in [-0.1, -0.05) is 23.8 Å². The zero-order valence-corrected chi connectivity index (χ0v) is 10.2. The molecule has 2 nitrogen and oxygen atoms in total. The summed E-state index contributed by atoms with van der Waals surface area (Å²) in [5.41, 5.74) is 1.91. The van der Waals surface area contributed by atoms with E-state index in [1.165, 1.54) is 5.57 Å². The van der Waals surface area contributed by atoms with E-state index in [2.05, 4.69) is 38.1 Å². The van der Waals surface area contributed by atoms with E-state index in [9.17, 15) is 0 Å². The van der Waals surface area contributed by atoms with Crippen LogP contribution < -0.4 is 0 Å². The molecule has 0 saturated carbocycles. The van der Waals surface area contributed by atoms with Crippen molar-refractivity contribution >= 4 is 37.3 Å². The summed E-state index contributed by atoms with van der Waals surface area (Å²) in [6.07, 6.45) is 9.98. The fourth-order valence-corrected chi connectivity index (χ4v) is 2.95. The van der Waals surface area contributed by atoms with Crippen molar-refractivity contribution in [3.63, 3.8) is 0 Å². The van der Waals surface area contributed by atoms with Crippen molar-refractivity contribution in [1.82, 2.24) is 0 Å². The molecule has 1 unspecified atom stereocenters. The molecule has 0 fully saturated rings. The second-order valence-corrected chi connectivity index (χ2v) is 5.06.